The van der Waals surface area contributed by atoms with Crippen molar-refractivity contribution in [1.29, 1.82) is 0 Å². The highest BCUT2D eigenvalue weighted by Crippen LogP contribution is 2.12. The summed E-state index contributed by atoms with van der Waals surface area (Å²) in [6, 6.07) is 6.45. The Balaban J connectivity index is 2.15. The summed E-state index contributed by atoms with van der Waals surface area (Å²) in [6.45, 7) is 3.34. The average Bonchev–Trinajstić information content (AvgIpc) is 3.33. The molecule has 12 heteroatoms. The van der Waals surface area contributed by atoms with Gasteiger partial charge in [-0.15, -0.1) is 11.3 Å². The van der Waals surface area contributed by atoms with Gasteiger partial charge in [0.1, 0.15) is 17.0 Å². The van der Waals surface area contributed by atoms with E-state index in [0.717, 1.165) is 5.56 Å². The van der Waals surface area contributed by atoms with E-state index in [-0.39, 0.29) is 24.9 Å². The van der Waals surface area contributed by atoms with Crippen LogP contribution in [0.15, 0.2) is 36.5 Å². The van der Waals surface area contributed by atoms with E-state index >= 15 is 0 Å². The number of ketones is 1. The number of ether oxygens (including phenoxy) is 2. The van der Waals surface area contributed by atoms with Crippen LogP contribution in [-0.4, -0.2) is 78.5 Å². The Labute approximate surface area is 234 Å². The third kappa shape index (κ3) is 9.76. The molecule has 3 N–H and O–H groups in total. The molecule has 4 atom stereocenters. The van der Waals surface area contributed by atoms with Gasteiger partial charge in [-0.05, 0) is 18.9 Å². The van der Waals surface area contributed by atoms with Crippen LogP contribution in [0, 0.1) is 12.8 Å². The highest BCUT2D eigenvalue weighted by molar-refractivity contribution is 14.1. The third-order valence-electron chi connectivity index (χ3n) is 5.43. The van der Waals surface area contributed by atoms with E-state index in [1.165, 1.54) is 31.8 Å². The number of carbonyl (C=O) groups is 4. The van der Waals surface area contributed by atoms with E-state index < -0.39 is 35.8 Å². The first-order chi connectivity index (χ1) is 17.7. The van der Waals surface area contributed by atoms with Crippen LogP contribution < -0.4 is 16.0 Å². The molecule has 2 rings (SSSR count). The van der Waals surface area contributed by atoms with E-state index in [1.54, 1.807) is 6.92 Å². The van der Waals surface area contributed by atoms with Crippen molar-refractivity contribution in [3.05, 3.63) is 52.0 Å². The SMILES string of the molecule is COC[C@H](NC(=O)c1cnc(C)s1)C(=O)N[C@@H](COC)C(=O)N[C@@H](Cc1ccccc1)C(=O)[C@H](C)CI. The van der Waals surface area contributed by atoms with Crippen LogP contribution in [-0.2, 0) is 30.3 Å². The number of rotatable bonds is 15. The van der Waals surface area contributed by atoms with Gasteiger partial charge in [-0.3, -0.25) is 19.2 Å². The topological polar surface area (TPSA) is 136 Å². The van der Waals surface area contributed by atoms with Crippen molar-refractivity contribution >= 4 is 57.4 Å². The number of Topliss-reactive ketones (excluding diaryl/α,β-unsaturated/α-hetero) is 1. The molecule has 0 aliphatic carbocycles. The highest BCUT2D eigenvalue weighted by Gasteiger charge is 2.31. The second-order valence-corrected chi connectivity index (χ2v) is 10.6. The number of alkyl halides is 1. The number of hydrogen-bond donors (Lipinski definition) is 3. The molecule has 37 heavy (non-hydrogen) atoms. The average molecular weight is 645 g/mol. The predicted molar refractivity (Wildman–Crippen MR) is 149 cm³/mol. The van der Waals surface area contributed by atoms with E-state index in [2.05, 4.69) is 43.5 Å². The standard InChI is InChI=1S/C25H33IN4O6S/c1-15(11-26)22(31)18(10-17-8-6-5-7-9-17)28-23(32)19(13-35-3)29-24(33)20(14-36-4)30-25(34)21-12-27-16(2)37-21/h5-9,12,15,18-20H,10-11,13-14H2,1-4H3,(H,28,32)(H,29,33)(H,30,34)/t15-,18+,19+,20+/m1/s1. The van der Waals surface area contributed by atoms with Gasteiger partial charge in [0.05, 0.1) is 30.5 Å². The quantitative estimate of drug-likeness (QED) is 0.199. The molecule has 1 aromatic heterocycles. The number of methoxy groups -OCH3 is 2. The Hall–Kier alpha value is -2.42. The first-order valence-corrected chi connectivity index (χ1v) is 14.0. The molecule has 0 radical (unpaired) electrons. The Kier molecular flexibility index (Phi) is 13.1. The maximum Gasteiger partial charge on any atom is 0.263 e. The lowest BCUT2D eigenvalue weighted by Crippen LogP contribution is -2.58. The van der Waals surface area contributed by atoms with Gasteiger partial charge in [0, 0.05) is 24.6 Å². The molecule has 1 aromatic carbocycles. The molecule has 0 spiro atoms. The highest BCUT2D eigenvalue weighted by atomic mass is 127. The molecule has 0 aliphatic heterocycles. The lowest BCUT2D eigenvalue weighted by atomic mass is 9.95. The number of carbonyl (C=O) groups excluding carboxylic acids is 4. The minimum Gasteiger partial charge on any atom is -0.382 e. The number of thiazole rings is 1. The third-order valence-corrected chi connectivity index (χ3v) is 7.66. The number of benzene rings is 1. The summed E-state index contributed by atoms with van der Waals surface area (Å²) in [5.74, 6) is -2.03. The smallest absolute Gasteiger partial charge is 0.263 e. The van der Waals surface area contributed by atoms with Crippen molar-refractivity contribution < 1.29 is 28.7 Å². The van der Waals surface area contributed by atoms with Gasteiger partial charge in [-0.25, -0.2) is 4.98 Å². The summed E-state index contributed by atoms with van der Waals surface area (Å²) < 4.78 is 10.9. The number of aryl methyl sites for hydroxylation is 1. The summed E-state index contributed by atoms with van der Waals surface area (Å²) in [5.41, 5.74) is 0.898. The molecule has 0 unspecified atom stereocenters. The van der Waals surface area contributed by atoms with Crippen molar-refractivity contribution in [2.45, 2.75) is 38.4 Å². The molecule has 10 nitrogen and oxygen atoms in total. The van der Waals surface area contributed by atoms with Gasteiger partial charge in [0.15, 0.2) is 5.78 Å². The van der Waals surface area contributed by atoms with Gasteiger partial charge in [0.2, 0.25) is 11.8 Å². The van der Waals surface area contributed by atoms with Crippen LogP contribution in [0.4, 0.5) is 0 Å². The van der Waals surface area contributed by atoms with E-state index in [1.807, 2.05) is 37.3 Å². The van der Waals surface area contributed by atoms with Crippen LogP contribution in [0.25, 0.3) is 0 Å². The Bertz CT molecular complexity index is 1050. The van der Waals surface area contributed by atoms with Gasteiger partial charge < -0.3 is 25.4 Å². The molecule has 0 aliphatic rings. The summed E-state index contributed by atoms with van der Waals surface area (Å²) in [7, 11) is 2.80. The van der Waals surface area contributed by atoms with Crippen LogP contribution in [0.3, 0.4) is 0 Å². The van der Waals surface area contributed by atoms with Gasteiger partial charge >= 0.3 is 0 Å². The zero-order chi connectivity index (χ0) is 27.4. The van der Waals surface area contributed by atoms with Crippen molar-refractivity contribution in [3.8, 4) is 0 Å². The maximum atomic E-state index is 13.2. The number of amides is 3. The molecule has 0 fully saturated rings. The number of aromatic nitrogens is 1. The Morgan fingerprint density at radius 2 is 1.51 bits per heavy atom. The minimum atomic E-state index is -1.10. The molecule has 0 bridgehead atoms. The zero-order valence-corrected chi connectivity index (χ0v) is 24.3. The van der Waals surface area contributed by atoms with Crippen molar-refractivity contribution in [3.63, 3.8) is 0 Å². The summed E-state index contributed by atoms with van der Waals surface area (Å²) >= 11 is 3.34. The lowest BCUT2D eigenvalue weighted by molar-refractivity contribution is -0.134. The fourth-order valence-corrected chi connectivity index (χ4v) is 4.55. The summed E-state index contributed by atoms with van der Waals surface area (Å²) in [4.78, 5) is 56.3. The van der Waals surface area contributed by atoms with E-state index in [0.29, 0.717) is 20.7 Å². The number of nitrogens with one attached hydrogen (secondary N) is 3. The molecule has 202 valence electrons. The van der Waals surface area contributed by atoms with E-state index in [4.69, 9.17) is 9.47 Å². The monoisotopic (exact) mass is 644 g/mol. The van der Waals surface area contributed by atoms with Crippen molar-refractivity contribution in [2.75, 3.05) is 31.9 Å². The summed E-state index contributed by atoms with van der Waals surface area (Å²) in [5, 5.41) is 8.75. The van der Waals surface area contributed by atoms with Crippen LogP contribution in [0.1, 0.15) is 27.2 Å². The first kappa shape index (κ1) is 30.8. The second kappa shape index (κ2) is 15.7. The lowest BCUT2D eigenvalue weighted by Gasteiger charge is -2.25. The minimum absolute atomic E-state index is 0.0986. The van der Waals surface area contributed by atoms with Crippen LogP contribution in [0.2, 0.25) is 0 Å². The molecule has 2 aromatic rings. The first-order valence-electron chi connectivity index (χ1n) is 11.7. The van der Waals surface area contributed by atoms with Gasteiger partial charge in [-0.1, -0.05) is 59.8 Å². The molecular weight excluding hydrogens is 611 g/mol. The van der Waals surface area contributed by atoms with Crippen molar-refractivity contribution in [1.82, 2.24) is 20.9 Å². The Morgan fingerprint density at radius 1 is 0.946 bits per heavy atom. The number of hydrogen-bond acceptors (Lipinski definition) is 8. The fraction of sp³-hybridized carbons (Fsp3) is 0.480. The Morgan fingerprint density at radius 3 is 2.03 bits per heavy atom. The normalized spacial score (nSPS) is 14.2. The molecule has 0 saturated carbocycles. The molecular formula is C25H33IN4O6S. The predicted octanol–water partition coefficient (Wildman–Crippen LogP) is 1.70. The second-order valence-electron chi connectivity index (χ2n) is 8.45. The van der Waals surface area contributed by atoms with Gasteiger partial charge in [0.25, 0.3) is 5.91 Å². The largest absolute Gasteiger partial charge is 0.382 e. The van der Waals surface area contributed by atoms with Crippen molar-refractivity contribution in [2.24, 2.45) is 5.92 Å². The van der Waals surface area contributed by atoms with E-state index in [9.17, 15) is 19.2 Å². The van der Waals surface area contributed by atoms with Gasteiger partial charge in [-0.2, -0.15) is 0 Å². The fourth-order valence-electron chi connectivity index (χ4n) is 3.43. The maximum absolute atomic E-state index is 13.2. The molecule has 3 amide bonds. The summed E-state index contributed by atoms with van der Waals surface area (Å²) in [6.07, 6.45) is 1.75. The molecule has 0 saturated heterocycles. The zero-order valence-electron chi connectivity index (χ0n) is 21.3. The number of halogens is 1. The van der Waals surface area contributed by atoms with Crippen LogP contribution in [0.5, 0.6) is 0 Å². The number of nitrogens with zero attached hydrogens (tertiary/aromatic N) is 1. The van der Waals surface area contributed by atoms with Crippen LogP contribution >= 0.6 is 33.9 Å². The molecule has 1 heterocycles.